The van der Waals surface area contributed by atoms with Crippen molar-refractivity contribution in [2.75, 3.05) is 29.6 Å². The van der Waals surface area contributed by atoms with Crippen LogP contribution in [0.15, 0.2) is 27.0 Å². The number of carbonyl (C=O) groups excluding carboxylic acids is 3. The molecule has 3 amide bonds. The summed E-state index contributed by atoms with van der Waals surface area (Å²) in [7, 11) is -2.75. The van der Waals surface area contributed by atoms with Crippen LogP contribution in [-0.4, -0.2) is 111 Å². The monoisotopic (exact) mass is 633 g/mol. The Bertz CT molecular complexity index is 1440. The molecule has 1 fully saturated rings. The molecule has 5 N–H and O–H groups in total. The van der Waals surface area contributed by atoms with Crippen LogP contribution in [0, 0.1) is 0 Å². The molecule has 2 atom stereocenters. The molecule has 18 nitrogen and oxygen atoms in total. The second-order valence-electron chi connectivity index (χ2n) is 7.95. The number of carboxylic acids is 1. The molecule has 2 aromatic heterocycles. The van der Waals surface area contributed by atoms with Crippen molar-refractivity contribution in [2.45, 2.75) is 16.6 Å². The Labute approximate surface area is 236 Å². The van der Waals surface area contributed by atoms with E-state index < -0.39 is 55.3 Å². The number of thioether (sulfide) groups is 2. The lowest BCUT2D eigenvalue weighted by Crippen LogP contribution is -2.71. The Balaban J connectivity index is 1.49. The zero-order valence-corrected chi connectivity index (χ0v) is 23.6. The Kier molecular flexibility index (Phi) is 9.21. The first-order valence-corrected chi connectivity index (χ1v) is 15.7. The van der Waals surface area contributed by atoms with Crippen molar-refractivity contribution in [3.8, 4) is 0 Å². The van der Waals surface area contributed by atoms with Crippen LogP contribution in [0.5, 0.6) is 0 Å². The van der Waals surface area contributed by atoms with Crippen molar-refractivity contribution in [1.82, 2.24) is 35.4 Å². The highest BCUT2D eigenvalue weighted by Crippen LogP contribution is 2.41. The number of fused-ring (bicyclic) bond motifs is 1. The number of rotatable bonds is 13. The van der Waals surface area contributed by atoms with Crippen LogP contribution in [-0.2, 0) is 35.6 Å². The lowest BCUT2D eigenvalue weighted by Gasteiger charge is -2.49. The third kappa shape index (κ3) is 6.67. The molecule has 2 aliphatic rings. The molecule has 4 heterocycles. The van der Waals surface area contributed by atoms with Crippen LogP contribution in [0.25, 0.3) is 0 Å². The van der Waals surface area contributed by atoms with Gasteiger partial charge < -0.3 is 30.4 Å². The summed E-state index contributed by atoms with van der Waals surface area (Å²) in [6.07, 6.45) is -0.282. The molecule has 0 spiro atoms. The van der Waals surface area contributed by atoms with Crippen LogP contribution in [0.1, 0.15) is 5.69 Å². The number of nitrogens with one attached hydrogen (secondary N) is 2. The predicted octanol–water partition coefficient (Wildman–Crippen LogP) is -1.34. The third-order valence-corrected chi connectivity index (χ3v) is 9.24. The zero-order chi connectivity index (χ0) is 29.0. The Morgan fingerprint density at radius 3 is 2.83 bits per heavy atom. The second kappa shape index (κ2) is 12.4. The summed E-state index contributed by atoms with van der Waals surface area (Å²) >= 11 is 3.44. The van der Waals surface area contributed by atoms with Crippen molar-refractivity contribution in [2.24, 2.45) is 12.2 Å². The molecular weight excluding hydrogens is 613 g/mol. The number of thiazole rings is 1. The van der Waals surface area contributed by atoms with E-state index in [0.717, 1.165) is 16.2 Å². The minimum absolute atomic E-state index is 0.0355. The van der Waals surface area contributed by atoms with Gasteiger partial charge in [-0.05, 0) is 16.0 Å². The number of hydrogen-bond donors (Lipinski definition) is 5. The van der Waals surface area contributed by atoms with E-state index in [1.54, 1.807) is 7.05 Å². The molecule has 1 saturated heterocycles. The summed E-state index contributed by atoms with van der Waals surface area (Å²) in [6, 6.07) is -1.10. The average molecular weight is 634 g/mol. The summed E-state index contributed by atoms with van der Waals surface area (Å²) < 4.78 is 12.5. The number of tetrazole rings is 1. The molecule has 4 rings (SSSR count). The van der Waals surface area contributed by atoms with Gasteiger partial charge in [0.1, 0.15) is 29.4 Å². The molecule has 1 unspecified atom stereocenters. The molecule has 40 heavy (non-hydrogen) atoms. The summed E-state index contributed by atoms with van der Waals surface area (Å²) in [5, 5.41) is 30.7. The van der Waals surface area contributed by atoms with Gasteiger partial charge in [-0.15, -0.1) is 28.2 Å². The second-order valence-corrected chi connectivity index (χ2v) is 12.6. The number of aromatic nitrogens is 5. The number of amides is 3. The molecule has 22 heteroatoms. The topological polar surface area (TPSA) is 251 Å². The average Bonchev–Trinajstić information content (AvgIpc) is 3.53. The fourth-order valence-corrected chi connectivity index (χ4v) is 6.78. The van der Waals surface area contributed by atoms with E-state index in [9.17, 15) is 28.8 Å². The first-order valence-electron chi connectivity index (χ1n) is 11.0. The van der Waals surface area contributed by atoms with Gasteiger partial charge in [-0.25, -0.2) is 14.5 Å². The highest BCUT2D eigenvalue weighted by molar-refractivity contribution is 8.01. The number of carboxylic acid groups (broad SMARTS) is 1. The van der Waals surface area contributed by atoms with E-state index in [0.29, 0.717) is 17.1 Å². The molecule has 0 radical (unpaired) electrons. The molecule has 0 aromatic carbocycles. The fraction of sp³-hybridized carbons (Fsp3) is 0.389. The fourth-order valence-electron chi connectivity index (χ4n) is 3.47. The van der Waals surface area contributed by atoms with Crippen molar-refractivity contribution in [3.63, 3.8) is 0 Å². The van der Waals surface area contributed by atoms with Gasteiger partial charge in [0.15, 0.2) is 10.8 Å². The van der Waals surface area contributed by atoms with Gasteiger partial charge in [0.25, 0.3) is 11.8 Å². The maximum Gasteiger partial charge on any atom is 0.352 e. The van der Waals surface area contributed by atoms with Crippen LogP contribution in [0.2, 0.25) is 0 Å². The van der Waals surface area contributed by atoms with E-state index in [2.05, 4.69) is 36.3 Å². The summed E-state index contributed by atoms with van der Waals surface area (Å²) in [5.74, 6) is -2.38. The normalized spacial score (nSPS) is 19.1. The number of carbonyl (C=O) groups is 4. The molecular formula is C18H20N9O9PS3. The van der Waals surface area contributed by atoms with Gasteiger partial charge in [0, 0.05) is 23.9 Å². The number of aryl methyl sites for hydroxylation is 1. The summed E-state index contributed by atoms with van der Waals surface area (Å²) in [4.78, 5) is 77.0. The number of oxime groups is 1. The standard InChI is InChI=1S/C18H20N9O9PS3/c1-26-18(22-24-25-26)40-5-8-4-38-15-11(14(30)27(15)12(8)16(31)32)21-13(29)10(23-36-2-3-37(33,34)35)9-6-39-17(20-9)19-7-28/h6-7,11,15H,2-5H2,1H3,(H,21,29)(H,31,32)(H,19,20,28)(H2,33,34,35)/t11?,15-/m0/s1. The lowest BCUT2D eigenvalue weighted by atomic mass is 10.0. The minimum Gasteiger partial charge on any atom is -0.477 e. The van der Waals surface area contributed by atoms with Gasteiger partial charge in [-0.1, -0.05) is 16.9 Å². The van der Waals surface area contributed by atoms with Crippen molar-refractivity contribution in [1.29, 1.82) is 0 Å². The van der Waals surface area contributed by atoms with Gasteiger partial charge in [-0.2, -0.15) is 0 Å². The third-order valence-electron chi connectivity index (χ3n) is 5.27. The largest absolute Gasteiger partial charge is 0.477 e. The van der Waals surface area contributed by atoms with E-state index in [1.807, 2.05) is 0 Å². The number of anilines is 1. The molecule has 2 aromatic rings. The van der Waals surface area contributed by atoms with Crippen molar-refractivity contribution < 1.29 is 43.5 Å². The van der Waals surface area contributed by atoms with Gasteiger partial charge in [0.2, 0.25) is 11.6 Å². The smallest absolute Gasteiger partial charge is 0.352 e. The number of aliphatic carboxylic acids is 1. The predicted molar refractivity (Wildman–Crippen MR) is 140 cm³/mol. The molecule has 2 aliphatic heterocycles. The van der Waals surface area contributed by atoms with Crippen LogP contribution in [0.4, 0.5) is 5.13 Å². The maximum absolute atomic E-state index is 13.1. The van der Waals surface area contributed by atoms with E-state index in [1.165, 1.54) is 33.6 Å². The minimum atomic E-state index is -4.39. The summed E-state index contributed by atoms with van der Waals surface area (Å²) in [6.45, 7) is -0.517. The molecule has 0 aliphatic carbocycles. The number of hydrogen-bond acceptors (Lipinski definition) is 14. The quantitative estimate of drug-likeness (QED) is 0.0326. The molecule has 0 saturated carbocycles. The van der Waals surface area contributed by atoms with Gasteiger partial charge in [0.05, 0.1) is 6.16 Å². The Morgan fingerprint density at radius 2 is 2.17 bits per heavy atom. The van der Waals surface area contributed by atoms with Crippen LogP contribution in [0.3, 0.4) is 0 Å². The van der Waals surface area contributed by atoms with E-state index in [4.69, 9.17) is 14.6 Å². The van der Waals surface area contributed by atoms with E-state index in [-0.39, 0.29) is 28.0 Å². The lowest BCUT2D eigenvalue weighted by molar-refractivity contribution is -0.150. The van der Waals surface area contributed by atoms with Crippen molar-refractivity contribution >= 4 is 77.5 Å². The Hall–Kier alpha value is -3.36. The SMILES string of the molecule is Cn1nnnc1SCC1=C(C(=O)O)N2C(=O)C(NC(=O)C(=NOCCP(=O)(O)O)c3csc(NC=O)n3)[C@@H]2SC1. The van der Waals surface area contributed by atoms with Gasteiger partial charge in [-0.3, -0.25) is 23.8 Å². The molecule has 0 bridgehead atoms. The first-order chi connectivity index (χ1) is 19.0. The maximum atomic E-state index is 13.1. The zero-order valence-electron chi connectivity index (χ0n) is 20.2. The van der Waals surface area contributed by atoms with E-state index >= 15 is 0 Å². The number of β-lactam (4-membered cyclic amide) rings is 1. The highest BCUT2D eigenvalue weighted by atomic mass is 32.2. The highest BCUT2D eigenvalue weighted by Gasteiger charge is 2.54. The van der Waals surface area contributed by atoms with Crippen LogP contribution >= 0.6 is 42.5 Å². The van der Waals surface area contributed by atoms with Crippen LogP contribution < -0.4 is 10.6 Å². The number of nitrogens with zero attached hydrogens (tertiary/aromatic N) is 7. The summed E-state index contributed by atoms with van der Waals surface area (Å²) in [5.41, 5.74) is -0.151. The Morgan fingerprint density at radius 1 is 1.40 bits per heavy atom. The van der Waals surface area contributed by atoms with Crippen molar-refractivity contribution in [3.05, 3.63) is 22.3 Å². The molecule has 214 valence electrons. The van der Waals surface area contributed by atoms with Gasteiger partial charge >= 0.3 is 13.6 Å². The first kappa shape index (κ1) is 29.6.